The Morgan fingerprint density at radius 3 is 2.90 bits per heavy atom. The number of rotatable bonds is 2. The molecule has 0 saturated carbocycles. The van der Waals surface area contributed by atoms with E-state index in [1.807, 2.05) is 30.6 Å². The van der Waals surface area contributed by atoms with Gasteiger partial charge < -0.3 is 8.98 Å². The molecule has 0 N–H and O–H groups in total. The molecule has 4 aromatic rings. The fraction of sp³-hybridized carbons (Fsp3) is 0.0625. The van der Waals surface area contributed by atoms with E-state index in [1.54, 1.807) is 0 Å². The van der Waals surface area contributed by atoms with Crippen LogP contribution in [0.1, 0.15) is 5.76 Å². The maximum atomic E-state index is 5.88. The van der Waals surface area contributed by atoms with Gasteiger partial charge >= 0.3 is 0 Å². The second kappa shape index (κ2) is 4.49. The standard InChI is InChI=1S/C16H11BrN2O/c17-14-9-18-8-12-5-6-19(16(12)14)10-13-7-11-3-1-2-4-15(11)20-13/h1-9H,10H2. The molecule has 20 heavy (non-hydrogen) atoms. The number of hydrogen-bond acceptors (Lipinski definition) is 2. The molecule has 3 aromatic heterocycles. The Hall–Kier alpha value is -2.07. The Kier molecular flexibility index (Phi) is 2.63. The minimum atomic E-state index is 0.709. The van der Waals surface area contributed by atoms with Crippen LogP contribution in [0.3, 0.4) is 0 Å². The van der Waals surface area contributed by atoms with Crippen molar-refractivity contribution >= 4 is 37.8 Å². The average Bonchev–Trinajstić information content (AvgIpc) is 3.03. The van der Waals surface area contributed by atoms with E-state index < -0.39 is 0 Å². The van der Waals surface area contributed by atoms with E-state index >= 15 is 0 Å². The predicted octanol–water partition coefficient (Wildman–Crippen LogP) is 4.59. The highest BCUT2D eigenvalue weighted by molar-refractivity contribution is 9.10. The van der Waals surface area contributed by atoms with Gasteiger partial charge in [-0.25, -0.2) is 0 Å². The van der Waals surface area contributed by atoms with Gasteiger partial charge in [0.25, 0.3) is 0 Å². The lowest BCUT2D eigenvalue weighted by Crippen LogP contribution is -1.96. The highest BCUT2D eigenvalue weighted by Crippen LogP contribution is 2.26. The van der Waals surface area contributed by atoms with E-state index in [4.69, 9.17) is 4.42 Å². The first kappa shape index (κ1) is 11.7. The van der Waals surface area contributed by atoms with Gasteiger partial charge in [-0.1, -0.05) is 18.2 Å². The summed E-state index contributed by atoms with van der Waals surface area (Å²) in [5.74, 6) is 0.951. The monoisotopic (exact) mass is 326 g/mol. The first-order valence-corrected chi connectivity index (χ1v) is 7.16. The zero-order chi connectivity index (χ0) is 13.5. The van der Waals surface area contributed by atoms with Crippen molar-refractivity contribution in [1.29, 1.82) is 0 Å². The summed E-state index contributed by atoms with van der Waals surface area (Å²) in [5, 5.41) is 2.26. The topological polar surface area (TPSA) is 31.0 Å². The molecule has 1 aromatic carbocycles. The Bertz CT molecular complexity index is 874. The third kappa shape index (κ3) is 1.84. The summed E-state index contributed by atoms with van der Waals surface area (Å²) in [6, 6.07) is 12.2. The number of pyridine rings is 1. The Balaban J connectivity index is 1.80. The highest BCUT2D eigenvalue weighted by atomic mass is 79.9. The first-order chi connectivity index (χ1) is 9.81. The zero-order valence-corrected chi connectivity index (χ0v) is 12.2. The van der Waals surface area contributed by atoms with Crippen LogP contribution in [0.15, 0.2) is 63.9 Å². The third-order valence-electron chi connectivity index (χ3n) is 3.43. The number of para-hydroxylation sites is 1. The van der Waals surface area contributed by atoms with Crippen molar-refractivity contribution in [3.05, 3.63) is 65.2 Å². The number of furan rings is 1. The molecule has 0 amide bonds. The summed E-state index contributed by atoms with van der Waals surface area (Å²) in [5.41, 5.74) is 2.07. The molecule has 0 saturated heterocycles. The van der Waals surface area contributed by atoms with E-state index in [0.717, 1.165) is 32.1 Å². The van der Waals surface area contributed by atoms with Crippen molar-refractivity contribution < 1.29 is 4.42 Å². The molecule has 0 radical (unpaired) electrons. The lowest BCUT2D eigenvalue weighted by molar-refractivity contribution is 0.532. The summed E-state index contributed by atoms with van der Waals surface area (Å²) in [7, 11) is 0. The second-order valence-electron chi connectivity index (χ2n) is 4.75. The van der Waals surface area contributed by atoms with Gasteiger partial charge in [-0.3, -0.25) is 4.98 Å². The van der Waals surface area contributed by atoms with Crippen molar-refractivity contribution in [3.63, 3.8) is 0 Å². The smallest absolute Gasteiger partial charge is 0.134 e. The molecule has 0 atom stereocenters. The third-order valence-corrected chi connectivity index (χ3v) is 4.01. The van der Waals surface area contributed by atoms with Crippen LogP contribution in [0, 0.1) is 0 Å². The van der Waals surface area contributed by atoms with E-state index in [9.17, 15) is 0 Å². The van der Waals surface area contributed by atoms with Crippen LogP contribution in [0.4, 0.5) is 0 Å². The molecule has 0 fully saturated rings. The van der Waals surface area contributed by atoms with Crippen LogP contribution >= 0.6 is 15.9 Å². The predicted molar refractivity (Wildman–Crippen MR) is 82.7 cm³/mol. The van der Waals surface area contributed by atoms with Crippen LogP contribution in [-0.4, -0.2) is 9.55 Å². The molecule has 0 aliphatic heterocycles. The molecule has 4 rings (SSSR count). The second-order valence-corrected chi connectivity index (χ2v) is 5.61. The Labute approximate surface area is 124 Å². The summed E-state index contributed by atoms with van der Waals surface area (Å²) in [6.07, 6.45) is 5.75. The van der Waals surface area contributed by atoms with Crippen LogP contribution < -0.4 is 0 Å². The number of benzene rings is 1. The summed E-state index contributed by atoms with van der Waals surface area (Å²) in [6.45, 7) is 0.709. The van der Waals surface area contributed by atoms with Gasteiger partial charge in [0.05, 0.1) is 16.5 Å². The van der Waals surface area contributed by atoms with Gasteiger partial charge in [0.15, 0.2) is 0 Å². The van der Waals surface area contributed by atoms with Gasteiger partial charge in [0.1, 0.15) is 11.3 Å². The van der Waals surface area contributed by atoms with E-state index in [0.29, 0.717) is 6.54 Å². The van der Waals surface area contributed by atoms with Crippen LogP contribution in [0.25, 0.3) is 21.9 Å². The largest absolute Gasteiger partial charge is 0.459 e. The fourth-order valence-electron chi connectivity index (χ4n) is 2.53. The number of hydrogen-bond donors (Lipinski definition) is 0. The number of aromatic nitrogens is 2. The number of nitrogens with zero attached hydrogens (tertiary/aromatic N) is 2. The normalized spacial score (nSPS) is 11.4. The van der Waals surface area contributed by atoms with E-state index in [2.05, 4.69) is 49.9 Å². The van der Waals surface area contributed by atoms with E-state index in [1.165, 1.54) is 0 Å². The SMILES string of the molecule is Brc1cncc2ccn(Cc3cc4ccccc4o3)c12. The quantitative estimate of drug-likeness (QED) is 0.539. The summed E-state index contributed by atoms with van der Waals surface area (Å²) >= 11 is 3.56. The van der Waals surface area contributed by atoms with Crippen LogP contribution in [-0.2, 0) is 6.54 Å². The van der Waals surface area contributed by atoms with Gasteiger partial charge in [-0.05, 0) is 34.1 Å². The summed E-state index contributed by atoms with van der Waals surface area (Å²) in [4.78, 5) is 4.18. The number of halogens is 1. The average molecular weight is 327 g/mol. The summed E-state index contributed by atoms with van der Waals surface area (Å²) < 4.78 is 9.04. The molecular weight excluding hydrogens is 316 g/mol. The number of fused-ring (bicyclic) bond motifs is 2. The molecule has 3 heterocycles. The lowest BCUT2D eigenvalue weighted by Gasteiger charge is -2.04. The van der Waals surface area contributed by atoms with Crippen molar-refractivity contribution in [2.24, 2.45) is 0 Å². The Morgan fingerprint density at radius 1 is 1.10 bits per heavy atom. The lowest BCUT2D eigenvalue weighted by atomic mass is 10.2. The van der Waals surface area contributed by atoms with Crippen molar-refractivity contribution in [2.75, 3.05) is 0 Å². The maximum absolute atomic E-state index is 5.88. The minimum absolute atomic E-state index is 0.709. The van der Waals surface area contributed by atoms with E-state index in [-0.39, 0.29) is 0 Å². The van der Waals surface area contributed by atoms with Crippen molar-refractivity contribution in [1.82, 2.24) is 9.55 Å². The molecule has 0 unspecified atom stereocenters. The van der Waals surface area contributed by atoms with Gasteiger partial charge in [0.2, 0.25) is 0 Å². The molecular formula is C16H11BrN2O. The van der Waals surface area contributed by atoms with Crippen LogP contribution in [0.2, 0.25) is 0 Å². The van der Waals surface area contributed by atoms with Gasteiger partial charge in [0, 0.05) is 29.4 Å². The highest BCUT2D eigenvalue weighted by Gasteiger charge is 2.08. The van der Waals surface area contributed by atoms with Crippen molar-refractivity contribution in [3.8, 4) is 0 Å². The minimum Gasteiger partial charge on any atom is -0.459 e. The van der Waals surface area contributed by atoms with Crippen molar-refractivity contribution in [2.45, 2.75) is 6.54 Å². The molecule has 3 nitrogen and oxygen atoms in total. The fourth-order valence-corrected chi connectivity index (χ4v) is 3.10. The first-order valence-electron chi connectivity index (χ1n) is 6.37. The molecule has 98 valence electrons. The zero-order valence-electron chi connectivity index (χ0n) is 10.6. The van der Waals surface area contributed by atoms with Gasteiger partial charge in [-0.15, -0.1) is 0 Å². The molecule has 0 aliphatic rings. The molecule has 0 spiro atoms. The van der Waals surface area contributed by atoms with Gasteiger partial charge in [-0.2, -0.15) is 0 Å². The molecule has 0 bridgehead atoms. The van der Waals surface area contributed by atoms with Crippen LogP contribution in [0.5, 0.6) is 0 Å². The Morgan fingerprint density at radius 2 is 2.00 bits per heavy atom. The maximum Gasteiger partial charge on any atom is 0.134 e. The molecule has 0 aliphatic carbocycles. The molecule has 4 heteroatoms.